The fourth-order valence-corrected chi connectivity index (χ4v) is 4.22. The van der Waals surface area contributed by atoms with Crippen LogP contribution in [0.1, 0.15) is 35.0 Å². The molecule has 2 aromatic carbocycles. The highest BCUT2D eigenvalue weighted by atomic mass is 16.5. The zero-order valence-electron chi connectivity index (χ0n) is 18.7. The number of rotatable bonds is 9. The number of hydrogen-bond acceptors (Lipinski definition) is 6. The minimum atomic E-state index is -0.515. The summed E-state index contributed by atoms with van der Waals surface area (Å²) in [5.74, 6) is 1.30. The van der Waals surface area contributed by atoms with Crippen LogP contribution in [0.5, 0.6) is 5.75 Å². The molecule has 1 N–H and O–H groups in total. The molecular weight excluding hydrogens is 404 g/mol. The van der Waals surface area contributed by atoms with Crippen LogP contribution in [-0.4, -0.2) is 57.8 Å². The monoisotopic (exact) mass is 434 g/mol. The van der Waals surface area contributed by atoms with Crippen LogP contribution in [0, 0.1) is 6.92 Å². The van der Waals surface area contributed by atoms with Crippen LogP contribution in [0.2, 0.25) is 0 Å². The van der Waals surface area contributed by atoms with Crippen molar-refractivity contribution in [2.24, 2.45) is 0 Å². The molecule has 0 spiro atoms. The smallest absolute Gasteiger partial charge is 0.245 e. The molecule has 1 amide bonds. The summed E-state index contributed by atoms with van der Waals surface area (Å²) in [5.41, 5.74) is 3.86. The molecule has 4 rings (SSSR count). The zero-order valence-corrected chi connectivity index (χ0v) is 18.7. The number of ether oxygens (including phenoxy) is 1. The Bertz CT molecular complexity index is 1050. The van der Waals surface area contributed by atoms with Crippen molar-refractivity contribution in [2.45, 2.75) is 38.8 Å². The molecule has 3 aromatic rings. The van der Waals surface area contributed by atoms with Gasteiger partial charge in [-0.25, -0.2) is 4.68 Å². The van der Waals surface area contributed by atoms with E-state index in [2.05, 4.69) is 50.0 Å². The van der Waals surface area contributed by atoms with Gasteiger partial charge < -0.3 is 10.1 Å². The lowest BCUT2D eigenvalue weighted by Crippen LogP contribution is -2.37. The predicted molar refractivity (Wildman–Crippen MR) is 121 cm³/mol. The first-order valence-electron chi connectivity index (χ1n) is 11.1. The van der Waals surface area contributed by atoms with Gasteiger partial charge in [0.1, 0.15) is 17.6 Å². The van der Waals surface area contributed by atoms with Gasteiger partial charge in [0.2, 0.25) is 5.91 Å². The number of methoxy groups -OCH3 is 1. The van der Waals surface area contributed by atoms with Gasteiger partial charge in [0, 0.05) is 32.6 Å². The molecule has 1 aliphatic rings. The number of hydrogen-bond donors (Lipinski definition) is 1. The number of aryl methyl sites for hydroxylation is 1. The standard InChI is InChI=1S/C24H30N6O2/c1-18-26-27-28-30(18)23(16-19-7-5-10-22(15-19)32-2)24(31)25-12-6-13-29-14-11-20-8-3-4-9-21(20)17-29/h3-5,7-10,15,23H,6,11-14,16-17H2,1-2H3,(H,25,31). The van der Waals surface area contributed by atoms with Crippen LogP contribution in [0.15, 0.2) is 48.5 Å². The molecule has 0 bridgehead atoms. The Morgan fingerprint density at radius 1 is 1.19 bits per heavy atom. The summed E-state index contributed by atoms with van der Waals surface area (Å²) in [7, 11) is 1.63. The first-order valence-corrected chi connectivity index (χ1v) is 11.1. The Balaban J connectivity index is 1.33. The number of fused-ring (bicyclic) bond motifs is 1. The van der Waals surface area contributed by atoms with Crippen molar-refractivity contribution in [3.63, 3.8) is 0 Å². The van der Waals surface area contributed by atoms with Gasteiger partial charge in [-0.1, -0.05) is 36.4 Å². The maximum absolute atomic E-state index is 13.1. The second-order valence-corrected chi connectivity index (χ2v) is 8.18. The van der Waals surface area contributed by atoms with E-state index in [-0.39, 0.29) is 5.91 Å². The Hall–Kier alpha value is -3.26. The molecule has 1 aliphatic heterocycles. The summed E-state index contributed by atoms with van der Waals surface area (Å²) in [6, 6.07) is 15.9. The highest BCUT2D eigenvalue weighted by Gasteiger charge is 2.24. The van der Waals surface area contributed by atoms with Gasteiger partial charge in [0.05, 0.1) is 7.11 Å². The van der Waals surface area contributed by atoms with Gasteiger partial charge in [-0.15, -0.1) is 5.10 Å². The van der Waals surface area contributed by atoms with Crippen LogP contribution in [0.4, 0.5) is 0 Å². The SMILES string of the molecule is COc1cccc(CC(C(=O)NCCCN2CCc3ccccc3C2)n2nnnc2C)c1. The quantitative estimate of drug-likeness (QED) is 0.521. The van der Waals surface area contributed by atoms with Crippen LogP contribution < -0.4 is 10.1 Å². The number of nitrogens with zero attached hydrogens (tertiary/aromatic N) is 5. The molecule has 0 saturated carbocycles. The Morgan fingerprint density at radius 3 is 2.81 bits per heavy atom. The maximum atomic E-state index is 13.1. The molecule has 8 nitrogen and oxygen atoms in total. The van der Waals surface area contributed by atoms with E-state index in [0.29, 0.717) is 18.8 Å². The molecule has 8 heteroatoms. The Kier molecular flexibility index (Phi) is 7.11. The number of nitrogens with one attached hydrogen (secondary N) is 1. The molecule has 1 unspecified atom stereocenters. The van der Waals surface area contributed by atoms with Crippen LogP contribution in [0.25, 0.3) is 0 Å². The van der Waals surface area contributed by atoms with Gasteiger partial charge in [-0.2, -0.15) is 0 Å². The lowest BCUT2D eigenvalue weighted by molar-refractivity contribution is -0.124. The Morgan fingerprint density at radius 2 is 2.03 bits per heavy atom. The molecule has 0 aliphatic carbocycles. The molecular formula is C24H30N6O2. The summed E-state index contributed by atoms with van der Waals surface area (Å²) in [6.45, 7) is 5.42. The molecule has 1 aromatic heterocycles. The van der Waals surface area contributed by atoms with Crippen molar-refractivity contribution in [1.29, 1.82) is 0 Å². The topological polar surface area (TPSA) is 85.2 Å². The lowest BCUT2D eigenvalue weighted by atomic mass is 10.00. The van der Waals surface area contributed by atoms with E-state index in [0.717, 1.165) is 43.8 Å². The summed E-state index contributed by atoms with van der Waals surface area (Å²) >= 11 is 0. The molecule has 2 heterocycles. The fraction of sp³-hybridized carbons (Fsp3) is 0.417. The van der Waals surface area contributed by atoms with Crippen molar-refractivity contribution < 1.29 is 9.53 Å². The van der Waals surface area contributed by atoms with Crippen LogP contribution >= 0.6 is 0 Å². The third-order valence-corrected chi connectivity index (χ3v) is 5.98. The first kappa shape index (κ1) is 22.0. The van der Waals surface area contributed by atoms with Crippen molar-refractivity contribution in [1.82, 2.24) is 30.4 Å². The van der Waals surface area contributed by atoms with E-state index in [1.165, 1.54) is 11.1 Å². The fourth-order valence-electron chi connectivity index (χ4n) is 4.22. The number of benzene rings is 2. The van der Waals surface area contributed by atoms with Gasteiger partial charge >= 0.3 is 0 Å². The Labute approximate surface area is 188 Å². The number of amides is 1. The summed E-state index contributed by atoms with van der Waals surface area (Å²) < 4.78 is 6.91. The number of tetrazole rings is 1. The van der Waals surface area contributed by atoms with Crippen LogP contribution in [-0.2, 0) is 24.2 Å². The minimum absolute atomic E-state index is 0.0767. The maximum Gasteiger partial charge on any atom is 0.245 e. The summed E-state index contributed by atoms with van der Waals surface area (Å²) in [6.07, 6.45) is 2.47. The van der Waals surface area contributed by atoms with Crippen LogP contribution in [0.3, 0.4) is 0 Å². The van der Waals surface area contributed by atoms with Gasteiger partial charge in [-0.3, -0.25) is 9.69 Å². The van der Waals surface area contributed by atoms with Crippen molar-refractivity contribution in [2.75, 3.05) is 26.7 Å². The van der Waals surface area contributed by atoms with E-state index >= 15 is 0 Å². The molecule has 0 saturated heterocycles. The third kappa shape index (κ3) is 5.31. The molecule has 0 radical (unpaired) electrons. The number of carbonyl (C=O) groups excluding carboxylic acids is 1. The first-order chi connectivity index (χ1) is 15.6. The van der Waals surface area contributed by atoms with E-state index in [4.69, 9.17) is 4.74 Å². The summed E-state index contributed by atoms with van der Waals surface area (Å²) in [4.78, 5) is 15.5. The molecule has 32 heavy (non-hydrogen) atoms. The van der Waals surface area contributed by atoms with E-state index in [1.54, 1.807) is 18.7 Å². The molecule has 1 atom stereocenters. The average Bonchev–Trinajstić information content (AvgIpc) is 3.25. The van der Waals surface area contributed by atoms with E-state index in [1.807, 2.05) is 24.3 Å². The molecule has 168 valence electrons. The average molecular weight is 435 g/mol. The minimum Gasteiger partial charge on any atom is -0.497 e. The normalized spacial score (nSPS) is 14.6. The van der Waals surface area contributed by atoms with Crippen molar-refractivity contribution >= 4 is 5.91 Å². The van der Waals surface area contributed by atoms with E-state index in [9.17, 15) is 4.79 Å². The zero-order chi connectivity index (χ0) is 22.3. The highest BCUT2D eigenvalue weighted by Crippen LogP contribution is 2.20. The van der Waals surface area contributed by atoms with E-state index < -0.39 is 6.04 Å². The lowest BCUT2D eigenvalue weighted by Gasteiger charge is -2.28. The predicted octanol–water partition coefficient (Wildman–Crippen LogP) is 2.34. The second kappa shape index (κ2) is 10.4. The van der Waals surface area contributed by atoms with Gasteiger partial charge in [0.25, 0.3) is 0 Å². The molecule has 0 fully saturated rings. The second-order valence-electron chi connectivity index (χ2n) is 8.18. The highest BCUT2D eigenvalue weighted by molar-refractivity contribution is 5.80. The van der Waals surface area contributed by atoms with Crippen molar-refractivity contribution in [3.8, 4) is 5.75 Å². The largest absolute Gasteiger partial charge is 0.497 e. The van der Waals surface area contributed by atoms with Gasteiger partial charge in [-0.05, 0) is 59.0 Å². The van der Waals surface area contributed by atoms with Crippen molar-refractivity contribution in [3.05, 3.63) is 71.0 Å². The summed E-state index contributed by atoms with van der Waals surface area (Å²) in [5, 5.41) is 14.8. The van der Waals surface area contributed by atoms with Gasteiger partial charge in [0.15, 0.2) is 0 Å². The number of aromatic nitrogens is 4. The third-order valence-electron chi connectivity index (χ3n) is 5.98. The number of carbonyl (C=O) groups is 1.